The molecule has 0 saturated carbocycles. The molecule has 2 aromatic carbocycles. The molecule has 0 heterocycles. The van der Waals surface area contributed by atoms with Gasteiger partial charge in [0.15, 0.2) is 6.61 Å². The minimum atomic E-state index is -0.685. The van der Waals surface area contributed by atoms with Crippen molar-refractivity contribution in [2.24, 2.45) is 5.73 Å². The van der Waals surface area contributed by atoms with Gasteiger partial charge in [0.25, 0.3) is 5.91 Å². The van der Waals surface area contributed by atoms with Gasteiger partial charge in [-0.05, 0) is 29.3 Å². The molecule has 7 heteroatoms. The second-order valence-corrected chi connectivity index (χ2v) is 5.73. The van der Waals surface area contributed by atoms with Crippen LogP contribution < -0.4 is 11.1 Å². The summed E-state index contributed by atoms with van der Waals surface area (Å²) >= 11 is 5.89. The summed E-state index contributed by atoms with van der Waals surface area (Å²) in [5.41, 5.74) is 6.61. The van der Waals surface area contributed by atoms with Gasteiger partial charge in [-0.2, -0.15) is 0 Å². The largest absolute Gasteiger partial charge is 0.452 e. The number of hydrogen-bond acceptors (Lipinski definition) is 4. The van der Waals surface area contributed by atoms with E-state index in [1.807, 2.05) is 30.3 Å². The van der Waals surface area contributed by atoms with Crippen LogP contribution in [0.4, 0.5) is 0 Å². The zero-order valence-corrected chi connectivity index (χ0v) is 14.5. The maximum Gasteiger partial charge on any atom is 0.339 e. The fourth-order valence-electron chi connectivity index (χ4n) is 2.05. The number of amides is 2. The first kappa shape index (κ1) is 19.2. The molecule has 6 nitrogen and oxygen atoms in total. The van der Waals surface area contributed by atoms with Crippen molar-refractivity contribution in [2.75, 3.05) is 13.2 Å². The van der Waals surface area contributed by atoms with Crippen LogP contribution in [-0.4, -0.2) is 30.9 Å². The van der Waals surface area contributed by atoms with Gasteiger partial charge in [0.05, 0.1) is 12.1 Å². The molecular weight excluding hydrogens is 356 g/mol. The van der Waals surface area contributed by atoms with Gasteiger partial charge in [-0.15, -0.1) is 0 Å². The molecule has 0 unspecified atom stereocenters. The fourth-order valence-corrected chi connectivity index (χ4v) is 2.18. The zero-order valence-electron chi connectivity index (χ0n) is 13.8. The number of hydrogen-bond donors (Lipinski definition) is 2. The van der Waals surface area contributed by atoms with Crippen LogP contribution in [0.15, 0.2) is 54.6 Å². The van der Waals surface area contributed by atoms with Gasteiger partial charge in [0, 0.05) is 5.02 Å². The van der Waals surface area contributed by atoms with Crippen LogP contribution in [0.5, 0.6) is 0 Å². The number of carbonyl (C=O) groups is 3. The zero-order chi connectivity index (χ0) is 18.9. The van der Waals surface area contributed by atoms with Crippen molar-refractivity contribution in [1.82, 2.24) is 5.32 Å². The molecular formula is C19H17ClN2O4. The summed E-state index contributed by atoms with van der Waals surface area (Å²) in [6.45, 7) is -0.841. The van der Waals surface area contributed by atoms with Crippen molar-refractivity contribution >= 4 is 41.0 Å². The van der Waals surface area contributed by atoms with E-state index in [4.69, 9.17) is 22.1 Å². The Morgan fingerprint density at radius 1 is 1.04 bits per heavy atom. The summed E-state index contributed by atoms with van der Waals surface area (Å²) in [5, 5.41) is 2.78. The van der Waals surface area contributed by atoms with E-state index in [2.05, 4.69) is 5.32 Å². The van der Waals surface area contributed by atoms with E-state index in [-0.39, 0.29) is 12.1 Å². The Balaban J connectivity index is 2.17. The molecule has 0 aliphatic heterocycles. The number of primary amides is 1. The third kappa shape index (κ3) is 6.07. The highest BCUT2D eigenvalue weighted by Gasteiger charge is 2.16. The van der Waals surface area contributed by atoms with Gasteiger partial charge >= 0.3 is 5.97 Å². The van der Waals surface area contributed by atoms with E-state index in [9.17, 15) is 14.4 Å². The summed E-state index contributed by atoms with van der Waals surface area (Å²) < 4.78 is 5.05. The molecule has 0 aliphatic rings. The lowest BCUT2D eigenvalue weighted by atomic mass is 10.0. The Bertz CT molecular complexity index is 817. The van der Waals surface area contributed by atoms with Crippen molar-refractivity contribution in [2.45, 2.75) is 0 Å². The Morgan fingerprint density at radius 2 is 1.69 bits per heavy atom. The number of esters is 1. The number of nitrogens with two attached hydrogens (primary N) is 1. The SMILES string of the molecule is NC(=O)CNC(=O)COC(=O)/C(=C/c1ccccc1)c1ccc(Cl)cc1. The molecule has 0 bridgehead atoms. The second kappa shape index (κ2) is 9.39. The first-order valence-corrected chi connectivity index (χ1v) is 8.08. The third-order valence-electron chi connectivity index (χ3n) is 3.28. The van der Waals surface area contributed by atoms with E-state index in [1.54, 1.807) is 30.3 Å². The van der Waals surface area contributed by atoms with Crippen molar-refractivity contribution in [3.8, 4) is 0 Å². The topological polar surface area (TPSA) is 98.5 Å². The predicted molar refractivity (Wildman–Crippen MR) is 98.9 cm³/mol. The molecule has 0 saturated heterocycles. The first-order valence-electron chi connectivity index (χ1n) is 7.70. The Kier molecular flexibility index (Phi) is 6.93. The number of ether oxygens (including phenoxy) is 1. The van der Waals surface area contributed by atoms with Crippen LogP contribution in [0.25, 0.3) is 11.6 Å². The summed E-state index contributed by atoms with van der Waals surface area (Å²) in [6.07, 6.45) is 1.66. The van der Waals surface area contributed by atoms with Crippen LogP contribution in [0.1, 0.15) is 11.1 Å². The average Bonchev–Trinajstić information content (AvgIpc) is 2.64. The summed E-state index contributed by atoms with van der Waals surface area (Å²) in [4.78, 5) is 34.7. The Morgan fingerprint density at radius 3 is 2.31 bits per heavy atom. The summed E-state index contributed by atoms with van der Waals surface area (Å²) in [6, 6.07) is 15.9. The maximum atomic E-state index is 12.5. The molecule has 0 fully saturated rings. The van der Waals surface area contributed by atoms with Crippen LogP contribution in [0, 0.1) is 0 Å². The van der Waals surface area contributed by atoms with Crippen LogP contribution in [0.3, 0.4) is 0 Å². The molecule has 2 aromatic rings. The predicted octanol–water partition coefficient (Wildman–Crippen LogP) is 2.03. The van der Waals surface area contributed by atoms with Crippen molar-refractivity contribution in [3.63, 3.8) is 0 Å². The molecule has 3 N–H and O–H groups in total. The van der Waals surface area contributed by atoms with E-state index < -0.39 is 24.4 Å². The van der Waals surface area contributed by atoms with Crippen molar-refractivity contribution < 1.29 is 19.1 Å². The highest BCUT2D eigenvalue weighted by atomic mass is 35.5. The Hall–Kier alpha value is -3.12. The van der Waals surface area contributed by atoms with Crippen LogP contribution in [-0.2, 0) is 19.1 Å². The number of benzene rings is 2. The number of rotatable bonds is 7. The quantitative estimate of drug-likeness (QED) is 0.441. The number of halogens is 1. The highest BCUT2D eigenvalue weighted by molar-refractivity contribution is 6.30. The molecule has 26 heavy (non-hydrogen) atoms. The van der Waals surface area contributed by atoms with Gasteiger partial charge in [0.1, 0.15) is 0 Å². The third-order valence-corrected chi connectivity index (χ3v) is 3.53. The first-order chi connectivity index (χ1) is 12.5. The monoisotopic (exact) mass is 372 g/mol. The van der Waals surface area contributed by atoms with E-state index >= 15 is 0 Å². The smallest absolute Gasteiger partial charge is 0.339 e. The maximum absolute atomic E-state index is 12.5. The highest BCUT2D eigenvalue weighted by Crippen LogP contribution is 2.22. The lowest BCUT2D eigenvalue weighted by molar-refractivity contribution is -0.143. The summed E-state index contributed by atoms with van der Waals surface area (Å²) in [7, 11) is 0. The standard InChI is InChI=1S/C19H17ClN2O4/c20-15-8-6-14(7-9-15)16(10-13-4-2-1-3-5-13)19(25)26-12-18(24)22-11-17(21)23/h1-10H,11-12H2,(H2,21,23)(H,22,24)/b16-10+. The van der Waals surface area contributed by atoms with Gasteiger partial charge in [-0.1, -0.05) is 54.1 Å². The second-order valence-electron chi connectivity index (χ2n) is 5.29. The fraction of sp³-hybridized carbons (Fsp3) is 0.105. The molecule has 0 atom stereocenters. The van der Waals surface area contributed by atoms with Crippen LogP contribution >= 0.6 is 11.6 Å². The molecule has 0 aliphatic carbocycles. The van der Waals surface area contributed by atoms with Gasteiger partial charge in [0.2, 0.25) is 5.91 Å². The van der Waals surface area contributed by atoms with Gasteiger partial charge < -0.3 is 15.8 Å². The van der Waals surface area contributed by atoms with Crippen molar-refractivity contribution in [1.29, 1.82) is 0 Å². The lowest BCUT2D eigenvalue weighted by Crippen LogP contribution is -2.36. The van der Waals surface area contributed by atoms with Crippen molar-refractivity contribution in [3.05, 3.63) is 70.7 Å². The molecule has 2 amide bonds. The molecule has 0 spiro atoms. The number of nitrogens with one attached hydrogen (secondary N) is 1. The molecule has 0 aromatic heterocycles. The molecule has 134 valence electrons. The summed E-state index contributed by atoms with van der Waals surface area (Å²) in [5.74, 6) is -1.98. The van der Waals surface area contributed by atoms with E-state index in [0.29, 0.717) is 10.6 Å². The number of carbonyl (C=O) groups excluding carboxylic acids is 3. The minimum absolute atomic E-state index is 0.274. The van der Waals surface area contributed by atoms with E-state index in [0.717, 1.165) is 5.56 Å². The van der Waals surface area contributed by atoms with Crippen LogP contribution in [0.2, 0.25) is 5.02 Å². The average molecular weight is 373 g/mol. The normalized spacial score (nSPS) is 10.9. The minimum Gasteiger partial charge on any atom is -0.452 e. The molecule has 2 rings (SSSR count). The van der Waals surface area contributed by atoms with Gasteiger partial charge in [-0.25, -0.2) is 4.79 Å². The lowest BCUT2D eigenvalue weighted by Gasteiger charge is -2.09. The van der Waals surface area contributed by atoms with Gasteiger partial charge in [-0.3, -0.25) is 9.59 Å². The van der Waals surface area contributed by atoms with E-state index in [1.165, 1.54) is 0 Å². The molecule has 0 radical (unpaired) electrons. The Labute approximate surface area is 155 Å².